The molecule has 0 aromatic heterocycles. The molecule has 0 aliphatic carbocycles. The first-order chi connectivity index (χ1) is 4.52. The third-order valence-corrected chi connectivity index (χ3v) is 2.17. The van der Waals surface area contributed by atoms with E-state index in [1.165, 1.54) is 6.42 Å². The van der Waals surface area contributed by atoms with Gasteiger partial charge in [-0.1, -0.05) is 33.6 Å². The maximum atomic E-state index is 2.27. The van der Waals surface area contributed by atoms with Crippen molar-refractivity contribution in [3.05, 3.63) is 5.25 Å². The monoisotopic (exact) mass is 262 g/mol. The van der Waals surface area contributed by atoms with Crippen LogP contribution in [-0.2, 0) is 19.5 Å². The first-order valence-corrected chi connectivity index (χ1v) is 4.89. The van der Waals surface area contributed by atoms with E-state index in [4.69, 9.17) is 0 Å². The smallest absolute Gasteiger partial charge is 0 e. The Hall–Kier alpha value is 0.973. The molecule has 0 aromatic rings. The average molecular weight is 262 g/mol. The Kier molecular flexibility index (Phi) is 10.0. The van der Waals surface area contributed by atoms with E-state index in [9.17, 15) is 0 Å². The number of rotatable bonds is 4. The van der Waals surface area contributed by atoms with Gasteiger partial charge in [0, 0.05) is 19.5 Å². The summed E-state index contributed by atoms with van der Waals surface area (Å²) in [6.07, 6.45) is 1.27. The van der Waals surface area contributed by atoms with Crippen LogP contribution in [0.4, 0.5) is 0 Å². The van der Waals surface area contributed by atoms with Crippen LogP contribution in [0.5, 0.6) is 0 Å². The van der Waals surface area contributed by atoms with Crippen LogP contribution in [0.25, 0.3) is 0 Å². The van der Waals surface area contributed by atoms with Crippen molar-refractivity contribution in [3.63, 3.8) is 0 Å². The molecule has 0 bridgehead atoms. The molecule has 0 spiro atoms. The summed E-state index contributed by atoms with van der Waals surface area (Å²) in [6.45, 7) is 11.3. The van der Waals surface area contributed by atoms with Crippen molar-refractivity contribution in [1.29, 1.82) is 0 Å². The van der Waals surface area contributed by atoms with Crippen LogP contribution in [0.3, 0.4) is 0 Å². The molecule has 0 unspecified atom stereocenters. The Morgan fingerprint density at radius 1 is 1.18 bits per heavy atom. The summed E-state index contributed by atoms with van der Waals surface area (Å²) < 4.78 is 0. The zero-order valence-electron chi connectivity index (χ0n) is 8.10. The molecular weight excluding hydrogens is 243 g/mol. The SMILES string of the molecule is C[C-](CC(C)C)SC(C)C.[Rh]. The Bertz CT molecular complexity index is 71.6. The van der Waals surface area contributed by atoms with Gasteiger partial charge in [0.05, 0.1) is 0 Å². The van der Waals surface area contributed by atoms with Gasteiger partial charge in [0.25, 0.3) is 0 Å². The second-order valence-electron chi connectivity index (χ2n) is 3.47. The van der Waals surface area contributed by atoms with Gasteiger partial charge in [0.1, 0.15) is 0 Å². The van der Waals surface area contributed by atoms with Crippen molar-refractivity contribution in [2.24, 2.45) is 5.92 Å². The molecule has 0 aliphatic rings. The minimum absolute atomic E-state index is 0. The van der Waals surface area contributed by atoms with Crippen molar-refractivity contribution in [2.75, 3.05) is 0 Å². The van der Waals surface area contributed by atoms with Crippen LogP contribution in [0.2, 0.25) is 0 Å². The fourth-order valence-corrected chi connectivity index (χ4v) is 2.26. The maximum absolute atomic E-state index is 2.27. The molecule has 0 rings (SSSR count). The molecule has 0 amide bonds. The summed E-state index contributed by atoms with van der Waals surface area (Å²) in [4.78, 5) is 0. The molecule has 0 aliphatic heterocycles. The van der Waals surface area contributed by atoms with Crippen LogP contribution in [-0.4, -0.2) is 5.25 Å². The van der Waals surface area contributed by atoms with Crippen LogP contribution in [0.15, 0.2) is 0 Å². The Morgan fingerprint density at radius 3 is 1.91 bits per heavy atom. The van der Waals surface area contributed by atoms with Gasteiger partial charge in [0.15, 0.2) is 0 Å². The van der Waals surface area contributed by atoms with Gasteiger partial charge in [-0.15, -0.1) is 0 Å². The van der Waals surface area contributed by atoms with Crippen LogP contribution in [0, 0.1) is 11.2 Å². The minimum atomic E-state index is 0. The van der Waals surface area contributed by atoms with E-state index < -0.39 is 0 Å². The van der Waals surface area contributed by atoms with Crippen molar-refractivity contribution in [3.8, 4) is 0 Å². The molecule has 0 atom stereocenters. The molecule has 1 radical (unpaired) electrons. The Labute approximate surface area is 88.7 Å². The fraction of sp³-hybridized carbons (Fsp3) is 0.889. The molecule has 0 fully saturated rings. The summed E-state index contributed by atoms with van der Waals surface area (Å²) in [7, 11) is 0. The van der Waals surface area contributed by atoms with E-state index in [0.717, 1.165) is 11.2 Å². The molecule has 71 valence electrons. The first kappa shape index (κ1) is 14.5. The number of hydrogen-bond acceptors (Lipinski definition) is 1. The predicted octanol–water partition coefficient (Wildman–Crippen LogP) is 3.72. The quantitative estimate of drug-likeness (QED) is 0.549. The second-order valence-corrected chi connectivity index (χ2v) is 5.34. The molecule has 11 heavy (non-hydrogen) atoms. The van der Waals surface area contributed by atoms with Gasteiger partial charge < -0.3 is 11.8 Å². The molecule has 0 saturated heterocycles. The average Bonchev–Trinajstić information content (AvgIpc) is 1.58. The van der Waals surface area contributed by atoms with Gasteiger partial charge in [-0.05, 0) is 5.25 Å². The normalized spacial score (nSPS) is 10.9. The molecule has 0 N–H and O–H groups in total. The van der Waals surface area contributed by atoms with E-state index in [0.29, 0.717) is 0 Å². The van der Waals surface area contributed by atoms with E-state index in [-0.39, 0.29) is 19.5 Å². The topological polar surface area (TPSA) is 0 Å². The maximum Gasteiger partial charge on any atom is 0 e. The molecule has 0 aromatic carbocycles. The summed E-state index contributed by atoms with van der Waals surface area (Å²) in [6, 6.07) is 0. The summed E-state index contributed by atoms with van der Waals surface area (Å²) in [5.74, 6) is 0.811. The number of thioether (sulfide) groups is 1. The molecular formula is C9H19RhS-. The van der Waals surface area contributed by atoms with Crippen molar-refractivity contribution in [2.45, 2.75) is 46.3 Å². The van der Waals surface area contributed by atoms with Crippen molar-refractivity contribution in [1.82, 2.24) is 0 Å². The van der Waals surface area contributed by atoms with Crippen LogP contribution < -0.4 is 0 Å². The zero-order valence-corrected chi connectivity index (χ0v) is 10.6. The van der Waals surface area contributed by atoms with Gasteiger partial charge in [-0.25, -0.2) is 0 Å². The van der Waals surface area contributed by atoms with Crippen LogP contribution in [0.1, 0.15) is 41.0 Å². The Morgan fingerprint density at radius 2 is 1.64 bits per heavy atom. The van der Waals surface area contributed by atoms with Crippen LogP contribution >= 0.6 is 11.8 Å². The molecule has 0 heterocycles. The van der Waals surface area contributed by atoms with E-state index in [1.807, 2.05) is 11.8 Å². The van der Waals surface area contributed by atoms with Crippen molar-refractivity contribution < 1.29 is 19.5 Å². The fourth-order valence-electron chi connectivity index (χ4n) is 1.03. The Balaban J connectivity index is 0. The van der Waals surface area contributed by atoms with Gasteiger partial charge in [-0.3, -0.25) is 5.25 Å². The number of hydrogen-bond donors (Lipinski definition) is 0. The first-order valence-electron chi connectivity index (χ1n) is 4.01. The predicted molar refractivity (Wildman–Crippen MR) is 51.1 cm³/mol. The molecule has 2 heteroatoms. The van der Waals surface area contributed by atoms with Gasteiger partial charge in [0.2, 0.25) is 0 Å². The third kappa shape index (κ3) is 11.0. The summed E-state index contributed by atoms with van der Waals surface area (Å²) >= 11 is 2.00. The second kappa shape index (κ2) is 7.61. The standard InChI is InChI=1S/C9H19S.Rh/c1-7(2)6-9(5)10-8(3)4;/h7-8H,6H2,1-5H3;/q-1;. The van der Waals surface area contributed by atoms with E-state index >= 15 is 0 Å². The van der Waals surface area contributed by atoms with Gasteiger partial charge in [-0.2, -0.15) is 13.3 Å². The zero-order chi connectivity index (χ0) is 8.15. The summed E-state index contributed by atoms with van der Waals surface area (Å²) in [5, 5.41) is 2.32. The molecule has 0 nitrogen and oxygen atoms in total. The third-order valence-electron chi connectivity index (χ3n) is 1.13. The minimum Gasteiger partial charge on any atom is -0.346 e. The summed E-state index contributed by atoms with van der Waals surface area (Å²) in [5.41, 5.74) is 0. The largest absolute Gasteiger partial charge is 0.346 e. The molecule has 0 saturated carbocycles. The van der Waals surface area contributed by atoms with E-state index in [1.54, 1.807) is 5.25 Å². The van der Waals surface area contributed by atoms with Gasteiger partial charge >= 0.3 is 0 Å². The van der Waals surface area contributed by atoms with E-state index in [2.05, 4.69) is 34.6 Å². The van der Waals surface area contributed by atoms with Crippen molar-refractivity contribution >= 4 is 11.8 Å².